The average molecular weight is 313 g/mol. The van der Waals surface area contributed by atoms with Crippen molar-refractivity contribution < 1.29 is 9.53 Å². The zero-order valence-corrected chi connectivity index (χ0v) is 11.9. The quantitative estimate of drug-likeness (QED) is 0.898. The van der Waals surface area contributed by atoms with Gasteiger partial charge in [-0.25, -0.2) is 0 Å². The third kappa shape index (κ3) is 3.46. The summed E-state index contributed by atoms with van der Waals surface area (Å²) < 4.78 is 6.00. The molecule has 98 valence electrons. The van der Waals surface area contributed by atoms with Crippen LogP contribution in [0.3, 0.4) is 0 Å². The van der Waals surface area contributed by atoms with E-state index in [1.54, 1.807) is 7.11 Å². The third-order valence-electron chi connectivity index (χ3n) is 3.04. The van der Waals surface area contributed by atoms with Crippen molar-refractivity contribution in [3.63, 3.8) is 0 Å². The summed E-state index contributed by atoms with van der Waals surface area (Å²) >= 11 is 3.41. The zero-order valence-electron chi connectivity index (χ0n) is 10.3. The molecule has 1 fully saturated rings. The number of benzene rings is 1. The summed E-state index contributed by atoms with van der Waals surface area (Å²) in [7, 11) is 1.61. The normalized spacial score (nSPS) is 18.7. The Morgan fingerprint density at radius 3 is 3.11 bits per heavy atom. The molecule has 1 saturated heterocycles. The zero-order chi connectivity index (χ0) is 13.0. The Bertz CT molecular complexity index is 431. The van der Waals surface area contributed by atoms with E-state index in [0.29, 0.717) is 12.5 Å². The fourth-order valence-corrected chi connectivity index (χ4v) is 2.43. The molecule has 1 aromatic carbocycles. The van der Waals surface area contributed by atoms with Gasteiger partial charge >= 0.3 is 0 Å². The minimum absolute atomic E-state index is 0.0309. The van der Waals surface area contributed by atoms with Crippen LogP contribution in [0, 0.1) is 0 Å². The highest BCUT2D eigenvalue weighted by atomic mass is 79.9. The highest BCUT2D eigenvalue weighted by Gasteiger charge is 2.18. The van der Waals surface area contributed by atoms with E-state index >= 15 is 0 Å². The van der Waals surface area contributed by atoms with Gasteiger partial charge in [0.15, 0.2) is 0 Å². The summed E-state index contributed by atoms with van der Waals surface area (Å²) in [4.78, 5) is 11.9. The average Bonchev–Trinajstić information content (AvgIpc) is 2.84. The summed E-state index contributed by atoms with van der Waals surface area (Å²) in [5.74, 6) is 0.760. The summed E-state index contributed by atoms with van der Waals surface area (Å²) in [6, 6.07) is 5.83. The second-order valence-electron chi connectivity index (χ2n) is 4.39. The van der Waals surface area contributed by atoms with E-state index in [-0.39, 0.29) is 5.91 Å². The minimum Gasteiger partial charge on any atom is -0.497 e. The lowest BCUT2D eigenvalue weighted by Crippen LogP contribution is -2.27. The van der Waals surface area contributed by atoms with Gasteiger partial charge in [-0.2, -0.15) is 0 Å². The van der Waals surface area contributed by atoms with Crippen LogP contribution < -0.4 is 15.4 Å². The highest BCUT2D eigenvalue weighted by Crippen LogP contribution is 2.27. The Balaban J connectivity index is 1.97. The third-order valence-corrected chi connectivity index (χ3v) is 3.73. The summed E-state index contributed by atoms with van der Waals surface area (Å²) in [5, 5.41) is 6.22. The van der Waals surface area contributed by atoms with E-state index in [0.717, 1.165) is 35.3 Å². The molecule has 5 heteroatoms. The molecule has 1 aliphatic rings. The molecule has 1 unspecified atom stereocenters. The van der Waals surface area contributed by atoms with Crippen molar-refractivity contribution in [2.75, 3.05) is 19.0 Å². The lowest BCUT2D eigenvalue weighted by Gasteiger charge is -2.12. The van der Waals surface area contributed by atoms with Gasteiger partial charge in [-0.1, -0.05) is 0 Å². The molecule has 2 N–H and O–H groups in total. The first-order valence-corrected chi connectivity index (χ1v) is 6.85. The maximum absolute atomic E-state index is 11.9. The van der Waals surface area contributed by atoms with Gasteiger partial charge < -0.3 is 15.4 Å². The number of ether oxygens (including phenoxy) is 1. The SMILES string of the molecule is COc1ccc(Br)c(NC(=O)CC2CCCN2)c1. The first kappa shape index (κ1) is 13.4. The lowest BCUT2D eigenvalue weighted by atomic mass is 10.1. The number of hydrogen-bond acceptors (Lipinski definition) is 3. The van der Waals surface area contributed by atoms with Crippen LogP contribution in [0.25, 0.3) is 0 Å². The van der Waals surface area contributed by atoms with E-state index in [2.05, 4.69) is 26.6 Å². The summed E-state index contributed by atoms with van der Waals surface area (Å²) in [6.45, 7) is 1.01. The van der Waals surface area contributed by atoms with Crippen molar-refractivity contribution in [1.82, 2.24) is 5.32 Å². The number of amides is 1. The van der Waals surface area contributed by atoms with Crippen molar-refractivity contribution in [1.29, 1.82) is 0 Å². The van der Waals surface area contributed by atoms with Gasteiger partial charge in [-0.15, -0.1) is 0 Å². The summed E-state index contributed by atoms with van der Waals surface area (Å²) in [5.41, 5.74) is 0.748. The number of nitrogens with one attached hydrogen (secondary N) is 2. The molecule has 4 nitrogen and oxygen atoms in total. The maximum atomic E-state index is 11.9. The van der Waals surface area contributed by atoms with Gasteiger partial charge in [0, 0.05) is 23.0 Å². The molecule has 2 rings (SSSR count). The fourth-order valence-electron chi connectivity index (χ4n) is 2.08. The predicted octanol–water partition coefficient (Wildman–Crippen LogP) is 2.54. The second kappa shape index (κ2) is 6.20. The van der Waals surface area contributed by atoms with E-state index in [9.17, 15) is 4.79 Å². The molecule has 1 aromatic rings. The summed E-state index contributed by atoms with van der Waals surface area (Å²) in [6.07, 6.45) is 2.75. The molecular weight excluding hydrogens is 296 g/mol. The Kier molecular flexibility index (Phi) is 4.60. The van der Waals surface area contributed by atoms with Crippen molar-refractivity contribution in [3.05, 3.63) is 22.7 Å². The number of anilines is 1. The Morgan fingerprint density at radius 1 is 1.61 bits per heavy atom. The number of hydrogen-bond donors (Lipinski definition) is 2. The smallest absolute Gasteiger partial charge is 0.225 e. The highest BCUT2D eigenvalue weighted by molar-refractivity contribution is 9.10. The van der Waals surface area contributed by atoms with Crippen LogP contribution in [0.15, 0.2) is 22.7 Å². The van der Waals surface area contributed by atoms with Crippen molar-refractivity contribution in [2.45, 2.75) is 25.3 Å². The van der Waals surface area contributed by atoms with Gasteiger partial charge in [0.25, 0.3) is 0 Å². The van der Waals surface area contributed by atoms with E-state index in [1.165, 1.54) is 0 Å². The van der Waals surface area contributed by atoms with Crippen LogP contribution in [-0.2, 0) is 4.79 Å². The molecule has 0 radical (unpaired) electrons. The number of carbonyl (C=O) groups excluding carboxylic acids is 1. The van der Waals surface area contributed by atoms with Crippen LogP contribution in [0.2, 0.25) is 0 Å². The molecule has 1 atom stereocenters. The molecule has 0 spiro atoms. The fraction of sp³-hybridized carbons (Fsp3) is 0.462. The molecule has 18 heavy (non-hydrogen) atoms. The Labute approximate surface area is 115 Å². The Hall–Kier alpha value is -1.07. The van der Waals surface area contributed by atoms with Gasteiger partial charge in [-0.05, 0) is 47.4 Å². The van der Waals surface area contributed by atoms with Gasteiger partial charge in [0.1, 0.15) is 5.75 Å². The van der Waals surface area contributed by atoms with Gasteiger partial charge in [0.2, 0.25) is 5.91 Å². The first-order valence-electron chi connectivity index (χ1n) is 6.06. The molecule has 0 aromatic heterocycles. The molecule has 0 saturated carbocycles. The van der Waals surface area contributed by atoms with Gasteiger partial charge in [-0.3, -0.25) is 4.79 Å². The molecule has 1 aliphatic heterocycles. The van der Waals surface area contributed by atoms with Crippen molar-refractivity contribution >= 4 is 27.5 Å². The first-order chi connectivity index (χ1) is 8.69. The lowest BCUT2D eigenvalue weighted by molar-refractivity contribution is -0.116. The van der Waals surface area contributed by atoms with Crippen LogP contribution >= 0.6 is 15.9 Å². The topological polar surface area (TPSA) is 50.4 Å². The second-order valence-corrected chi connectivity index (χ2v) is 5.25. The van der Waals surface area contributed by atoms with E-state index in [4.69, 9.17) is 4.74 Å². The van der Waals surface area contributed by atoms with Crippen LogP contribution in [0.5, 0.6) is 5.75 Å². The molecule has 0 bridgehead atoms. The Morgan fingerprint density at radius 2 is 2.44 bits per heavy atom. The van der Waals surface area contributed by atoms with E-state index < -0.39 is 0 Å². The number of rotatable bonds is 4. The van der Waals surface area contributed by atoms with Crippen molar-refractivity contribution in [2.24, 2.45) is 0 Å². The number of halogens is 1. The predicted molar refractivity (Wildman–Crippen MR) is 75.0 cm³/mol. The van der Waals surface area contributed by atoms with Crippen LogP contribution in [0.1, 0.15) is 19.3 Å². The minimum atomic E-state index is 0.0309. The van der Waals surface area contributed by atoms with Crippen LogP contribution in [0.4, 0.5) is 5.69 Å². The maximum Gasteiger partial charge on any atom is 0.225 e. The van der Waals surface area contributed by atoms with Crippen LogP contribution in [-0.4, -0.2) is 25.6 Å². The number of carbonyl (C=O) groups is 1. The molecular formula is C13H17BrN2O2. The number of methoxy groups -OCH3 is 1. The monoisotopic (exact) mass is 312 g/mol. The van der Waals surface area contributed by atoms with Gasteiger partial charge in [0.05, 0.1) is 12.8 Å². The largest absolute Gasteiger partial charge is 0.497 e. The van der Waals surface area contributed by atoms with Crippen molar-refractivity contribution in [3.8, 4) is 5.75 Å². The van der Waals surface area contributed by atoms with E-state index in [1.807, 2.05) is 18.2 Å². The molecule has 1 heterocycles. The molecule has 1 amide bonds. The standard InChI is InChI=1S/C13H17BrN2O2/c1-18-10-4-5-11(14)12(8-10)16-13(17)7-9-3-2-6-15-9/h4-5,8-9,15H,2-3,6-7H2,1H3,(H,16,17). The molecule has 0 aliphatic carbocycles.